The van der Waals surface area contributed by atoms with Crippen molar-refractivity contribution in [2.45, 2.75) is 12.4 Å². The van der Waals surface area contributed by atoms with Crippen molar-refractivity contribution in [3.8, 4) is 0 Å². The Morgan fingerprint density at radius 3 is 0.895 bits per heavy atom. The van der Waals surface area contributed by atoms with E-state index in [9.17, 15) is 26.3 Å². The van der Waals surface area contributed by atoms with Gasteiger partial charge in [0, 0.05) is 18.4 Å². The molecular weight excluding hydrogens is 500 g/mol. The summed E-state index contributed by atoms with van der Waals surface area (Å²) in [5.74, 6) is 0. The molecule has 0 saturated heterocycles. The van der Waals surface area contributed by atoms with Crippen LogP contribution in [0, 0.1) is 0 Å². The molecule has 0 aliphatic heterocycles. The van der Waals surface area contributed by atoms with E-state index in [4.69, 9.17) is 0 Å². The first-order chi connectivity index (χ1) is 18.0. The van der Waals surface area contributed by atoms with Crippen LogP contribution in [0.2, 0.25) is 0 Å². The smallest absolute Gasteiger partial charge is 0.345 e. The number of anilines is 2. The van der Waals surface area contributed by atoms with Crippen LogP contribution in [0.25, 0.3) is 24.3 Å². The van der Waals surface area contributed by atoms with Gasteiger partial charge in [0.05, 0.1) is 11.1 Å². The molecule has 0 fully saturated rings. The van der Waals surface area contributed by atoms with Crippen LogP contribution in [0.3, 0.4) is 0 Å². The standard InChI is InChI=1S/C31H23F6N/c1-38(28-18-10-24(11-19-28)4-2-22-6-14-26(15-7-22)30(32,33)34)29-20-12-25(13-21-29)5-3-23-8-16-27(17-9-23)31(35,36)37/h2-21H,1H3. The highest BCUT2D eigenvalue weighted by Crippen LogP contribution is 2.31. The number of benzene rings is 4. The van der Waals surface area contributed by atoms with Gasteiger partial charge in [0.15, 0.2) is 0 Å². The van der Waals surface area contributed by atoms with Crippen molar-refractivity contribution < 1.29 is 26.3 Å². The zero-order chi connectivity index (χ0) is 27.3. The third kappa shape index (κ3) is 6.94. The van der Waals surface area contributed by atoms with Crippen LogP contribution in [0.1, 0.15) is 33.4 Å². The number of halogens is 6. The molecule has 4 aromatic rings. The summed E-state index contributed by atoms with van der Waals surface area (Å²) in [6.45, 7) is 0. The predicted octanol–water partition coefficient (Wildman–Crippen LogP) is 9.83. The monoisotopic (exact) mass is 523 g/mol. The third-order valence-corrected chi connectivity index (χ3v) is 5.97. The molecule has 0 heterocycles. The van der Waals surface area contributed by atoms with Crippen molar-refractivity contribution in [2.24, 2.45) is 0 Å². The van der Waals surface area contributed by atoms with Crippen LogP contribution in [0.4, 0.5) is 37.7 Å². The fourth-order valence-electron chi connectivity index (χ4n) is 3.72. The Morgan fingerprint density at radius 2 is 0.658 bits per heavy atom. The van der Waals surface area contributed by atoms with Crippen LogP contribution in [0.15, 0.2) is 97.1 Å². The summed E-state index contributed by atoms with van der Waals surface area (Å²) in [5.41, 5.74) is 3.71. The van der Waals surface area contributed by atoms with Crippen molar-refractivity contribution in [1.29, 1.82) is 0 Å². The molecule has 0 spiro atoms. The van der Waals surface area contributed by atoms with Crippen LogP contribution in [0.5, 0.6) is 0 Å². The fourth-order valence-corrected chi connectivity index (χ4v) is 3.72. The summed E-state index contributed by atoms with van der Waals surface area (Å²) in [6, 6.07) is 25.5. The lowest BCUT2D eigenvalue weighted by Crippen LogP contribution is -2.08. The van der Waals surface area contributed by atoms with Gasteiger partial charge in [-0.15, -0.1) is 0 Å². The molecule has 0 bridgehead atoms. The lowest BCUT2D eigenvalue weighted by atomic mass is 10.1. The molecule has 0 aliphatic carbocycles. The quantitative estimate of drug-likeness (QED) is 0.180. The average Bonchev–Trinajstić information content (AvgIpc) is 2.90. The van der Waals surface area contributed by atoms with E-state index in [0.717, 1.165) is 46.8 Å². The molecule has 0 N–H and O–H groups in total. The SMILES string of the molecule is CN(c1ccc(C=Cc2ccc(C(F)(F)F)cc2)cc1)c1ccc(C=Cc2ccc(C(F)(F)F)cc2)cc1. The van der Waals surface area contributed by atoms with Gasteiger partial charge >= 0.3 is 12.4 Å². The predicted molar refractivity (Wildman–Crippen MR) is 142 cm³/mol. The maximum absolute atomic E-state index is 12.7. The highest BCUT2D eigenvalue weighted by atomic mass is 19.4. The van der Waals surface area contributed by atoms with Crippen LogP contribution >= 0.6 is 0 Å². The zero-order valence-corrected chi connectivity index (χ0v) is 20.3. The van der Waals surface area contributed by atoms with Crippen molar-refractivity contribution in [1.82, 2.24) is 0 Å². The van der Waals surface area contributed by atoms with Crippen molar-refractivity contribution in [3.05, 3.63) is 130 Å². The number of alkyl halides is 6. The molecule has 38 heavy (non-hydrogen) atoms. The van der Waals surface area contributed by atoms with E-state index in [1.165, 1.54) is 24.3 Å². The largest absolute Gasteiger partial charge is 0.416 e. The summed E-state index contributed by atoms with van der Waals surface area (Å²) >= 11 is 0. The lowest BCUT2D eigenvalue weighted by molar-refractivity contribution is -0.138. The molecule has 0 radical (unpaired) electrons. The average molecular weight is 524 g/mol. The van der Waals surface area contributed by atoms with E-state index in [0.29, 0.717) is 11.1 Å². The van der Waals surface area contributed by atoms with Crippen LogP contribution < -0.4 is 4.90 Å². The molecule has 194 valence electrons. The van der Waals surface area contributed by atoms with Gasteiger partial charge in [-0.25, -0.2) is 0 Å². The van der Waals surface area contributed by atoms with Crippen molar-refractivity contribution in [3.63, 3.8) is 0 Å². The van der Waals surface area contributed by atoms with Crippen molar-refractivity contribution in [2.75, 3.05) is 11.9 Å². The molecule has 0 amide bonds. The highest BCUT2D eigenvalue weighted by Gasteiger charge is 2.30. The van der Waals surface area contributed by atoms with E-state index >= 15 is 0 Å². The molecule has 7 heteroatoms. The van der Waals surface area contributed by atoms with Gasteiger partial charge in [-0.2, -0.15) is 26.3 Å². The minimum Gasteiger partial charge on any atom is -0.345 e. The molecule has 0 atom stereocenters. The van der Waals surface area contributed by atoms with Crippen molar-refractivity contribution >= 4 is 35.7 Å². The van der Waals surface area contributed by atoms with Gasteiger partial charge in [-0.05, 0) is 70.8 Å². The summed E-state index contributed by atoms with van der Waals surface area (Å²) in [6.07, 6.45) is -1.51. The first kappa shape index (κ1) is 26.8. The maximum Gasteiger partial charge on any atom is 0.416 e. The van der Waals surface area contributed by atoms with E-state index in [1.807, 2.05) is 72.6 Å². The molecule has 0 aromatic heterocycles. The van der Waals surface area contributed by atoms with Gasteiger partial charge in [-0.3, -0.25) is 0 Å². The first-order valence-electron chi connectivity index (χ1n) is 11.6. The summed E-state index contributed by atoms with van der Waals surface area (Å²) in [5, 5.41) is 0. The molecule has 4 rings (SSSR count). The second-order valence-electron chi connectivity index (χ2n) is 8.65. The van der Waals surface area contributed by atoms with Crippen LogP contribution in [-0.2, 0) is 12.4 Å². The summed E-state index contributed by atoms with van der Waals surface area (Å²) < 4.78 is 76.2. The molecule has 0 saturated carbocycles. The molecule has 4 aromatic carbocycles. The second-order valence-corrected chi connectivity index (χ2v) is 8.65. The molecular formula is C31H23F6N. The Hall–Kier alpha value is -4.26. The highest BCUT2D eigenvalue weighted by molar-refractivity contribution is 5.73. The first-order valence-corrected chi connectivity index (χ1v) is 11.6. The topological polar surface area (TPSA) is 3.24 Å². The van der Waals surface area contributed by atoms with Gasteiger partial charge in [0.1, 0.15) is 0 Å². The maximum atomic E-state index is 12.7. The normalized spacial score (nSPS) is 12.4. The fraction of sp³-hybridized carbons (Fsp3) is 0.0968. The second kappa shape index (κ2) is 11.0. The minimum atomic E-state index is -4.35. The van der Waals surface area contributed by atoms with Gasteiger partial charge in [-0.1, -0.05) is 72.8 Å². The van der Waals surface area contributed by atoms with E-state index in [1.54, 1.807) is 12.2 Å². The summed E-state index contributed by atoms with van der Waals surface area (Å²) in [7, 11) is 1.93. The van der Waals surface area contributed by atoms with Gasteiger partial charge in [0.2, 0.25) is 0 Å². The lowest BCUT2D eigenvalue weighted by Gasteiger charge is -2.20. The molecule has 1 nitrogen and oxygen atoms in total. The summed E-state index contributed by atoms with van der Waals surface area (Å²) in [4.78, 5) is 2.01. The van der Waals surface area contributed by atoms with E-state index in [-0.39, 0.29) is 0 Å². The number of hydrogen-bond donors (Lipinski definition) is 0. The van der Waals surface area contributed by atoms with E-state index < -0.39 is 23.5 Å². The Morgan fingerprint density at radius 1 is 0.421 bits per heavy atom. The molecule has 0 aliphatic rings. The van der Waals surface area contributed by atoms with E-state index in [2.05, 4.69) is 0 Å². The number of rotatable bonds is 6. The number of hydrogen-bond acceptors (Lipinski definition) is 1. The van der Waals surface area contributed by atoms with Gasteiger partial charge in [0.25, 0.3) is 0 Å². The Kier molecular flexibility index (Phi) is 7.76. The zero-order valence-electron chi connectivity index (χ0n) is 20.3. The van der Waals surface area contributed by atoms with Crippen LogP contribution in [-0.4, -0.2) is 7.05 Å². The Labute approximate surface area is 217 Å². The Balaban J connectivity index is 1.37. The Bertz CT molecular complexity index is 1280. The minimum absolute atomic E-state index is 0.673. The third-order valence-electron chi connectivity index (χ3n) is 5.97. The van der Waals surface area contributed by atoms with Gasteiger partial charge < -0.3 is 4.90 Å². The molecule has 0 unspecified atom stereocenters. The number of nitrogens with zero attached hydrogens (tertiary/aromatic N) is 1.